The Morgan fingerprint density at radius 1 is 1.36 bits per heavy atom. The highest BCUT2D eigenvalue weighted by Crippen LogP contribution is 2.19. The average Bonchev–Trinajstić information content (AvgIpc) is 2.53. The third-order valence-electron chi connectivity index (χ3n) is 3.24. The van der Waals surface area contributed by atoms with Gasteiger partial charge in [0.1, 0.15) is 6.61 Å². The van der Waals surface area contributed by atoms with Gasteiger partial charge in [-0.1, -0.05) is 0 Å². The van der Waals surface area contributed by atoms with Crippen molar-refractivity contribution in [3.63, 3.8) is 0 Å². The summed E-state index contributed by atoms with van der Waals surface area (Å²) in [5.74, 6) is 0.503. The summed E-state index contributed by atoms with van der Waals surface area (Å²) in [4.78, 5) is 24.6. The van der Waals surface area contributed by atoms with E-state index >= 15 is 0 Å². The van der Waals surface area contributed by atoms with Gasteiger partial charge in [0.25, 0.3) is 0 Å². The van der Waals surface area contributed by atoms with Crippen LogP contribution in [0.4, 0.5) is 0 Å². The molecule has 0 saturated carbocycles. The summed E-state index contributed by atoms with van der Waals surface area (Å²) in [5, 5.41) is 2.88. The van der Waals surface area contributed by atoms with Crippen LogP contribution in [0.5, 0.6) is 0 Å². The fourth-order valence-corrected chi connectivity index (χ4v) is 2.10. The minimum atomic E-state index is -0.167. The number of pyridine rings is 1. The van der Waals surface area contributed by atoms with Gasteiger partial charge in [0.15, 0.2) is 5.82 Å². The highest BCUT2D eigenvalue weighted by molar-refractivity contribution is 5.77. The molecule has 1 atom stereocenters. The lowest BCUT2D eigenvalue weighted by Gasteiger charge is -2.16. The number of ether oxygens (including phenoxy) is 1. The second kappa shape index (κ2) is 7.61. The molecule has 0 saturated heterocycles. The number of carbonyl (C=O) groups is 1. The molecule has 0 aliphatic heterocycles. The zero-order valence-corrected chi connectivity index (χ0v) is 13.0. The fourth-order valence-electron chi connectivity index (χ4n) is 2.10. The molecule has 1 N–H and O–H groups in total. The predicted octanol–water partition coefficient (Wildman–Crippen LogP) is 2.06. The van der Waals surface area contributed by atoms with Crippen LogP contribution in [0.2, 0.25) is 0 Å². The Hall–Kier alpha value is -2.34. The monoisotopic (exact) mass is 300 g/mol. The molecule has 0 aromatic carbocycles. The van der Waals surface area contributed by atoms with Crippen LogP contribution in [-0.2, 0) is 9.53 Å². The average molecular weight is 300 g/mol. The van der Waals surface area contributed by atoms with Crippen molar-refractivity contribution in [2.45, 2.75) is 26.8 Å². The number of rotatable bonds is 6. The maximum Gasteiger partial charge on any atom is 0.246 e. The first-order chi connectivity index (χ1) is 10.6. The molecule has 6 heteroatoms. The normalized spacial score (nSPS) is 12.0. The van der Waals surface area contributed by atoms with Crippen molar-refractivity contribution in [2.75, 3.05) is 13.2 Å². The van der Waals surface area contributed by atoms with E-state index in [1.54, 1.807) is 18.6 Å². The minimum Gasteiger partial charge on any atom is -0.372 e. The van der Waals surface area contributed by atoms with E-state index in [1.165, 1.54) is 0 Å². The van der Waals surface area contributed by atoms with Crippen LogP contribution in [0, 0.1) is 6.92 Å². The lowest BCUT2D eigenvalue weighted by Crippen LogP contribution is -2.30. The Bertz CT molecular complexity index is 631. The molecule has 2 heterocycles. The number of aromatic nitrogens is 3. The van der Waals surface area contributed by atoms with Crippen molar-refractivity contribution in [3.05, 3.63) is 42.0 Å². The summed E-state index contributed by atoms with van der Waals surface area (Å²) in [6.45, 7) is 6.25. The van der Waals surface area contributed by atoms with Gasteiger partial charge < -0.3 is 10.1 Å². The predicted molar refractivity (Wildman–Crippen MR) is 83.1 cm³/mol. The van der Waals surface area contributed by atoms with Crippen molar-refractivity contribution >= 4 is 5.91 Å². The fraction of sp³-hybridized carbons (Fsp3) is 0.375. The van der Waals surface area contributed by atoms with Gasteiger partial charge in [-0.3, -0.25) is 9.78 Å². The van der Waals surface area contributed by atoms with Crippen LogP contribution in [0.1, 0.15) is 31.1 Å². The number of nitrogens with one attached hydrogen (secondary N) is 1. The molecular formula is C16H20N4O2. The first-order valence-corrected chi connectivity index (χ1v) is 7.22. The number of hydrogen-bond acceptors (Lipinski definition) is 5. The number of carbonyl (C=O) groups excluding carboxylic acids is 1. The van der Waals surface area contributed by atoms with E-state index < -0.39 is 0 Å². The minimum absolute atomic E-state index is 0.0653. The second-order valence-electron chi connectivity index (χ2n) is 4.90. The van der Waals surface area contributed by atoms with Gasteiger partial charge in [-0.15, -0.1) is 0 Å². The summed E-state index contributed by atoms with van der Waals surface area (Å²) in [6, 6.07) is 3.56. The van der Waals surface area contributed by atoms with Crippen LogP contribution in [-0.4, -0.2) is 34.1 Å². The van der Waals surface area contributed by atoms with Crippen LogP contribution < -0.4 is 5.32 Å². The van der Waals surface area contributed by atoms with Crippen LogP contribution >= 0.6 is 0 Å². The largest absolute Gasteiger partial charge is 0.372 e. The second-order valence-corrected chi connectivity index (χ2v) is 4.90. The molecule has 0 bridgehead atoms. The quantitative estimate of drug-likeness (QED) is 0.883. The molecule has 0 radical (unpaired) electrons. The smallest absolute Gasteiger partial charge is 0.246 e. The summed E-state index contributed by atoms with van der Waals surface area (Å²) in [7, 11) is 0. The van der Waals surface area contributed by atoms with E-state index in [9.17, 15) is 4.79 Å². The topological polar surface area (TPSA) is 77.0 Å². The molecule has 116 valence electrons. The lowest BCUT2D eigenvalue weighted by molar-refractivity contribution is -0.126. The highest BCUT2D eigenvalue weighted by Gasteiger charge is 2.14. The van der Waals surface area contributed by atoms with E-state index in [1.807, 2.05) is 32.9 Å². The van der Waals surface area contributed by atoms with Crippen molar-refractivity contribution in [1.82, 2.24) is 20.3 Å². The molecule has 1 unspecified atom stereocenters. The maximum absolute atomic E-state index is 11.7. The number of amides is 1. The molecule has 0 aliphatic carbocycles. The van der Waals surface area contributed by atoms with E-state index in [-0.39, 0.29) is 18.6 Å². The zero-order valence-electron chi connectivity index (χ0n) is 13.0. The molecule has 1 amide bonds. The van der Waals surface area contributed by atoms with Crippen LogP contribution in [0.3, 0.4) is 0 Å². The van der Waals surface area contributed by atoms with Gasteiger partial charge >= 0.3 is 0 Å². The van der Waals surface area contributed by atoms with E-state index in [0.29, 0.717) is 12.4 Å². The molecule has 6 nitrogen and oxygen atoms in total. The first kappa shape index (κ1) is 16.0. The third-order valence-corrected chi connectivity index (χ3v) is 3.24. The standard InChI is InChI=1S/C16H20N4O2/c1-4-22-10-15(21)19-11(2)14-9-18-16(20-12(14)3)13-5-7-17-8-6-13/h5-9,11H,4,10H2,1-3H3,(H,19,21). The molecule has 0 aliphatic rings. The third kappa shape index (κ3) is 4.08. The molecular weight excluding hydrogens is 280 g/mol. The highest BCUT2D eigenvalue weighted by atomic mass is 16.5. The zero-order chi connectivity index (χ0) is 15.9. The molecule has 2 aromatic heterocycles. The van der Waals surface area contributed by atoms with Gasteiger partial charge in [0.05, 0.1) is 6.04 Å². The SMILES string of the molecule is CCOCC(=O)NC(C)c1cnc(-c2ccncc2)nc1C. The Labute approximate surface area is 130 Å². The van der Waals surface area contributed by atoms with E-state index in [0.717, 1.165) is 16.8 Å². The van der Waals surface area contributed by atoms with Crippen molar-refractivity contribution in [2.24, 2.45) is 0 Å². The summed E-state index contributed by atoms with van der Waals surface area (Å²) < 4.78 is 5.09. The van der Waals surface area contributed by atoms with Gasteiger partial charge in [-0.05, 0) is 32.9 Å². The van der Waals surface area contributed by atoms with E-state index in [4.69, 9.17) is 4.74 Å². The Morgan fingerprint density at radius 3 is 2.73 bits per heavy atom. The van der Waals surface area contributed by atoms with Crippen LogP contribution in [0.15, 0.2) is 30.7 Å². The van der Waals surface area contributed by atoms with Crippen LogP contribution in [0.25, 0.3) is 11.4 Å². The number of hydrogen-bond donors (Lipinski definition) is 1. The summed E-state index contributed by atoms with van der Waals surface area (Å²) in [6.07, 6.45) is 5.17. The Balaban J connectivity index is 2.11. The Kier molecular flexibility index (Phi) is 5.55. The first-order valence-electron chi connectivity index (χ1n) is 7.22. The van der Waals surface area contributed by atoms with Gasteiger partial charge in [0.2, 0.25) is 5.91 Å². The molecule has 22 heavy (non-hydrogen) atoms. The van der Waals surface area contributed by atoms with Crippen molar-refractivity contribution < 1.29 is 9.53 Å². The number of nitrogens with zero attached hydrogens (tertiary/aromatic N) is 3. The van der Waals surface area contributed by atoms with E-state index in [2.05, 4.69) is 20.3 Å². The lowest BCUT2D eigenvalue weighted by atomic mass is 10.1. The molecule has 0 spiro atoms. The van der Waals surface area contributed by atoms with Gasteiger partial charge in [-0.2, -0.15) is 0 Å². The molecule has 2 rings (SSSR count). The van der Waals surface area contributed by atoms with Gasteiger partial charge in [-0.25, -0.2) is 9.97 Å². The van der Waals surface area contributed by atoms with Crippen molar-refractivity contribution in [3.8, 4) is 11.4 Å². The summed E-state index contributed by atoms with van der Waals surface area (Å²) >= 11 is 0. The maximum atomic E-state index is 11.7. The Morgan fingerprint density at radius 2 is 2.09 bits per heavy atom. The molecule has 0 fully saturated rings. The molecule has 2 aromatic rings. The van der Waals surface area contributed by atoms with Gasteiger partial charge in [0, 0.05) is 42.0 Å². The summed E-state index contributed by atoms with van der Waals surface area (Å²) in [5.41, 5.74) is 2.64. The van der Waals surface area contributed by atoms with Crippen molar-refractivity contribution in [1.29, 1.82) is 0 Å². The number of aryl methyl sites for hydroxylation is 1.